The first-order valence-corrected chi connectivity index (χ1v) is 9.53. The van der Waals surface area contributed by atoms with Crippen molar-refractivity contribution in [3.05, 3.63) is 60.2 Å². The number of ether oxygens (including phenoxy) is 1. The van der Waals surface area contributed by atoms with Crippen LogP contribution in [0.5, 0.6) is 5.75 Å². The van der Waals surface area contributed by atoms with Gasteiger partial charge in [-0.2, -0.15) is 4.98 Å². The molecule has 0 fully saturated rings. The van der Waals surface area contributed by atoms with Crippen molar-refractivity contribution < 1.29 is 19.2 Å². The summed E-state index contributed by atoms with van der Waals surface area (Å²) >= 11 is 0. The van der Waals surface area contributed by atoms with Gasteiger partial charge < -0.3 is 19.7 Å². The highest BCUT2D eigenvalue weighted by Gasteiger charge is 2.15. The summed E-state index contributed by atoms with van der Waals surface area (Å²) in [6, 6.07) is 10.8. The van der Waals surface area contributed by atoms with Crippen molar-refractivity contribution >= 4 is 5.91 Å². The predicted octanol–water partition coefficient (Wildman–Crippen LogP) is 2.18. The van der Waals surface area contributed by atoms with Crippen LogP contribution in [-0.4, -0.2) is 45.4 Å². The molecule has 1 amide bonds. The molecule has 3 rings (SSSR count). The van der Waals surface area contributed by atoms with E-state index < -0.39 is 0 Å². The molecular weight excluding hydrogens is 372 g/mol. The van der Waals surface area contributed by atoms with Crippen LogP contribution >= 0.6 is 0 Å². The molecule has 2 aromatic heterocycles. The van der Waals surface area contributed by atoms with Gasteiger partial charge in [0, 0.05) is 30.8 Å². The lowest BCUT2D eigenvalue weighted by Gasteiger charge is -2.15. The van der Waals surface area contributed by atoms with E-state index in [9.17, 15) is 9.90 Å². The average Bonchev–Trinajstić information content (AvgIpc) is 3.22. The number of nitrogens with zero attached hydrogens (tertiary/aromatic N) is 3. The molecule has 8 heteroatoms. The second-order valence-electron chi connectivity index (χ2n) is 6.48. The van der Waals surface area contributed by atoms with Gasteiger partial charge in [-0.1, -0.05) is 11.2 Å². The summed E-state index contributed by atoms with van der Waals surface area (Å²) < 4.78 is 10.7. The van der Waals surface area contributed by atoms with E-state index in [1.54, 1.807) is 12.4 Å². The lowest BCUT2D eigenvalue weighted by molar-refractivity contribution is -0.122. The van der Waals surface area contributed by atoms with Crippen molar-refractivity contribution in [2.75, 3.05) is 13.2 Å². The Labute approximate surface area is 168 Å². The van der Waals surface area contributed by atoms with Gasteiger partial charge >= 0.3 is 0 Å². The summed E-state index contributed by atoms with van der Waals surface area (Å²) in [6.45, 7) is 2.38. The minimum Gasteiger partial charge on any atom is -0.494 e. The van der Waals surface area contributed by atoms with Gasteiger partial charge in [0.05, 0.1) is 19.3 Å². The Bertz CT molecular complexity index is 897. The Kier molecular flexibility index (Phi) is 7.29. The molecule has 8 nitrogen and oxygen atoms in total. The van der Waals surface area contributed by atoms with Gasteiger partial charge in [0.2, 0.25) is 17.6 Å². The minimum absolute atomic E-state index is 0.150. The zero-order valence-electron chi connectivity index (χ0n) is 16.2. The van der Waals surface area contributed by atoms with Crippen molar-refractivity contribution in [2.45, 2.75) is 32.2 Å². The van der Waals surface area contributed by atoms with Crippen LogP contribution in [0.2, 0.25) is 0 Å². The number of aliphatic hydroxyl groups is 1. The van der Waals surface area contributed by atoms with Gasteiger partial charge in [-0.15, -0.1) is 0 Å². The fourth-order valence-corrected chi connectivity index (χ4v) is 2.83. The van der Waals surface area contributed by atoms with E-state index in [4.69, 9.17) is 9.26 Å². The maximum atomic E-state index is 12.2. The summed E-state index contributed by atoms with van der Waals surface area (Å²) in [4.78, 5) is 20.6. The number of hydrogen-bond acceptors (Lipinski definition) is 7. The molecule has 3 aromatic rings. The Morgan fingerprint density at radius 1 is 1.28 bits per heavy atom. The van der Waals surface area contributed by atoms with Gasteiger partial charge in [-0.25, -0.2) is 0 Å². The van der Waals surface area contributed by atoms with Gasteiger partial charge in [-0.05, 0) is 49.2 Å². The van der Waals surface area contributed by atoms with Crippen LogP contribution in [0.25, 0.3) is 11.4 Å². The molecule has 0 spiro atoms. The number of aliphatic hydroxyl groups excluding tert-OH is 1. The Morgan fingerprint density at radius 3 is 2.79 bits per heavy atom. The van der Waals surface area contributed by atoms with Gasteiger partial charge in [0.1, 0.15) is 5.75 Å². The molecule has 0 saturated heterocycles. The topological polar surface area (TPSA) is 110 Å². The lowest BCUT2D eigenvalue weighted by atomic mass is 10.1. The second-order valence-corrected chi connectivity index (χ2v) is 6.48. The van der Waals surface area contributed by atoms with E-state index >= 15 is 0 Å². The number of rotatable bonds is 10. The molecule has 0 aliphatic carbocycles. The van der Waals surface area contributed by atoms with Crippen molar-refractivity contribution in [3.8, 4) is 17.1 Å². The third kappa shape index (κ3) is 6.11. The molecule has 1 atom stereocenters. The highest BCUT2D eigenvalue weighted by atomic mass is 16.5. The monoisotopic (exact) mass is 396 g/mol. The van der Waals surface area contributed by atoms with Crippen molar-refractivity contribution in [1.29, 1.82) is 0 Å². The minimum atomic E-state index is -0.367. The van der Waals surface area contributed by atoms with Gasteiger partial charge in [-0.3, -0.25) is 9.78 Å². The molecule has 0 saturated carbocycles. The number of amides is 1. The highest BCUT2D eigenvalue weighted by molar-refractivity contribution is 5.76. The summed E-state index contributed by atoms with van der Waals surface area (Å²) in [7, 11) is 0. The molecule has 1 aromatic carbocycles. The first kappa shape index (κ1) is 20.5. The quantitative estimate of drug-likeness (QED) is 0.540. The third-order valence-electron chi connectivity index (χ3n) is 4.25. The first-order chi connectivity index (χ1) is 14.2. The average molecular weight is 396 g/mol. The normalized spacial score (nSPS) is 11.8. The summed E-state index contributed by atoms with van der Waals surface area (Å²) in [6.07, 6.45) is 4.42. The largest absolute Gasteiger partial charge is 0.494 e. The maximum Gasteiger partial charge on any atom is 0.227 e. The van der Waals surface area contributed by atoms with E-state index in [1.807, 2.05) is 43.3 Å². The Morgan fingerprint density at radius 2 is 2.10 bits per heavy atom. The summed E-state index contributed by atoms with van der Waals surface area (Å²) in [5.41, 5.74) is 1.76. The van der Waals surface area contributed by atoms with Crippen molar-refractivity contribution in [2.24, 2.45) is 0 Å². The molecule has 0 aliphatic heterocycles. The van der Waals surface area contributed by atoms with Gasteiger partial charge in [0.25, 0.3) is 0 Å². The number of nitrogens with one attached hydrogen (secondary N) is 1. The van der Waals surface area contributed by atoms with Crippen LogP contribution in [0, 0.1) is 0 Å². The van der Waals surface area contributed by atoms with Crippen LogP contribution in [0.15, 0.2) is 53.3 Å². The molecule has 2 heterocycles. The van der Waals surface area contributed by atoms with Crippen LogP contribution in [0.1, 0.15) is 24.8 Å². The number of carbonyl (C=O) groups is 1. The SMILES string of the molecule is CCOc1ccc(-c2noc(CCC(=O)N[C@@H](CO)Cc3cccnc3)n2)cc1. The van der Waals surface area contributed by atoms with E-state index in [0.717, 1.165) is 16.9 Å². The maximum absolute atomic E-state index is 12.2. The molecule has 0 unspecified atom stereocenters. The number of pyridine rings is 1. The zero-order chi connectivity index (χ0) is 20.5. The molecule has 29 heavy (non-hydrogen) atoms. The van der Waals surface area contributed by atoms with E-state index in [2.05, 4.69) is 20.4 Å². The fourth-order valence-electron chi connectivity index (χ4n) is 2.83. The Hall–Kier alpha value is -3.26. The molecule has 0 bridgehead atoms. The summed E-state index contributed by atoms with van der Waals surface area (Å²) in [5.74, 6) is 1.44. The first-order valence-electron chi connectivity index (χ1n) is 9.53. The predicted molar refractivity (Wildman–Crippen MR) is 106 cm³/mol. The van der Waals surface area contributed by atoms with Crippen LogP contribution < -0.4 is 10.1 Å². The number of aryl methyl sites for hydroxylation is 1. The zero-order valence-corrected chi connectivity index (χ0v) is 16.2. The highest BCUT2D eigenvalue weighted by Crippen LogP contribution is 2.20. The third-order valence-corrected chi connectivity index (χ3v) is 4.25. The number of carbonyl (C=O) groups excluding carboxylic acids is 1. The molecule has 0 radical (unpaired) electrons. The fraction of sp³-hybridized carbons (Fsp3) is 0.333. The second kappa shape index (κ2) is 10.3. The molecule has 0 aliphatic rings. The van der Waals surface area contributed by atoms with E-state index in [1.165, 1.54) is 0 Å². The van der Waals surface area contributed by atoms with E-state index in [0.29, 0.717) is 31.2 Å². The van der Waals surface area contributed by atoms with Crippen molar-refractivity contribution in [3.63, 3.8) is 0 Å². The van der Waals surface area contributed by atoms with E-state index in [-0.39, 0.29) is 25.0 Å². The molecular formula is C21H24N4O4. The standard InChI is InChI=1S/C21H24N4O4/c1-2-28-18-7-5-16(6-8-18)21-24-20(29-25-21)10-9-19(27)23-17(14-26)12-15-4-3-11-22-13-15/h3-8,11,13,17,26H,2,9-10,12,14H2,1H3,(H,23,27)/t17-/m1/s1. The number of hydrogen-bond donors (Lipinski definition) is 2. The summed E-state index contributed by atoms with van der Waals surface area (Å²) in [5, 5.41) is 16.3. The molecule has 152 valence electrons. The van der Waals surface area contributed by atoms with Gasteiger partial charge in [0.15, 0.2) is 0 Å². The van der Waals surface area contributed by atoms with Crippen LogP contribution in [0.4, 0.5) is 0 Å². The van der Waals surface area contributed by atoms with Crippen LogP contribution in [-0.2, 0) is 17.6 Å². The smallest absolute Gasteiger partial charge is 0.227 e. The molecule has 2 N–H and O–H groups in total. The number of aromatic nitrogens is 3. The van der Waals surface area contributed by atoms with Crippen molar-refractivity contribution in [1.82, 2.24) is 20.4 Å². The van der Waals surface area contributed by atoms with Crippen LogP contribution in [0.3, 0.4) is 0 Å². The Balaban J connectivity index is 1.50. The lowest BCUT2D eigenvalue weighted by Crippen LogP contribution is -2.39. The number of benzene rings is 1.